The fourth-order valence-electron chi connectivity index (χ4n) is 3.19. The molecule has 0 aliphatic carbocycles. The van der Waals surface area contributed by atoms with E-state index in [1.54, 1.807) is 17.0 Å². The average Bonchev–Trinajstić information content (AvgIpc) is 2.98. The number of nitrogens with zero attached hydrogens (tertiary/aromatic N) is 1. The van der Waals surface area contributed by atoms with Crippen molar-refractivity contribution in [2.75, 3.05) is 26.3 Å². The zero-order valence-electron chi connectivity index (χ0n) is 14.1. The number of nitrogens with two attached hydrogens (primary N) is 1. The molecule has 3 rings (SSSR count). The number of fused-ring (bicyclic) bond motifs is 1. The van der Waals surface area contributed by atoms with E-state index >= 15 is 0 Å². The first kappa shape index (κ1) is 17.8. The lowest BCUT2D eigenvalue weighted by atomic mass is 10.1. The highest BCUT2D eigenvalue weighted by atomic mass is 35.5. The van der Waals surface area contributed by atoms with E-state index in [2.05, 4.69) is 5.32 Å². The number of rotatable bonds is 4. The van der Waals surface area contributed by atoms with Gasteiger partial charge in [-0.15, -0.1) is 0 Å². The van der Waals surface area contributed by atoms with Crippen molar-refractivity contribution in [1.29, 1.82) is 0 Å². The Morgan fingerprint density at radius 2 is 2.00 bits per heavy atom. The Balaban J connectivity index is 1.76. The third-order valence-corrected chi connectivity index (χ3v) is 4.71. The number of hydrogen-bond acceptors (Lipinski definition) is 5. The van der Waals surface area contributed by atoms with E-state index < -0.39 is 6.04 Å². The molecule has 7 nitrogen and oxygen atoms in total. The van der Waals surface area contributed by atoms with E-state index in [1.165, 1.54) is 0 Å². The first-order chi connectivity index (χ1) is 12.0. The fourth-order valence-corrected chi connectivity index (χ4v) is 3.41. The maximum atomic E-state index is 12.8. The Labute approximate surface area is 151 Å². The molecule has 3 N–H and O–H groups in total. The second kappa shape index (κ2) is 7.49. The van der Waals surface area contributed by atoms with Crippen LogP contribution in [0.25, 0.3) is 0 Å². The quantitative estimate of drug-likeness (QED) is 0.817. The molecule has 0 radical (unpaired) electrons. The first-order valence-electron chi connectivity index (χ1n) is 8.40. The smallest absolute Gasteiger partial charge is 0.242 e. The molecule has 1 aromatic rings. The van der Waals surface area contributed by atoms with E-state index in [0.717, 1.165) is 0 Å². The molecule has 2 amide bonds. The maximum absolute atomic E-state index is 12.8. The van der Waals surface area contributed by atoms with Gasteiger partial charge < -0.3 is 25.4 Å². The van der Waals surface area contributed by atoms with Crippen molar-refractivity contribution in [3.05, 3.63) is 22.7 Å². The number of carbonyl (C=O) groups excluding carboxylic acids is 2. The van der Waals surface area contributed by atoms with Crippen molar-refractivity contribution in [3.8, 4) is 11.5 Å². The minimum absolute atomic E-state index is 0.0814. The van der Waals surface area contributed by atoms with Gasteiger partial charge in [-0.25, -0.2) is 0 Å². The number of nitrogens with one attached hydrogen (secondary N) is 1. The van der Waals surface area contributed by atoms with Crippen molar-refractivity contribution in [2.45, 2.75) is 31.8 Å². The normalized spacial score (nSPS) is 22.0. The second-order valence-corrected chi connectivity index (χ2v) is 6.62. The van der Waals surface area contributed by atoms with E-state index in [-0.39, 0.29) is 24.3 Å². The average molecular weight is 368 g/mol. The third-order valence-electron chi connectivity index (χ3n) is 4.36. The zero-order valence-corrected chi connectivity index (χ0v) is 14.8. The largest absolute Gasteiger partial charge is 0.486 e. The van der Waals surface area contributed by atoms with Crippen LogP contribution in [-0.4, -0.2) is 55.1 Å². The Morgan fingerprint density at radius 3 is 2.68 bits per heavy atom. The van der Waals surface area contributed by atoms with Gasteiger partial charge in [-0.05, 0) is 25.0 Å². The first-order valence-corrected chi connectivity index (χ1v) is 8.78. The lowest BCUT2D eigenvalue weighted by Crippen LogP contribution is -2.46. The molecule has 1 saturated heterocycles. The monoisotopic (exact) mass is 367 g/mol. The molecule has 0 bridgehead atoms. The van der Waals surface area contributed by atoms with Gasteiger partial charge in [-0.2, -0.15) is 0 Å². The van der Waals surface area contributed by atoms with E-state index in [4.69, 9.17) is 26.8 Å². The maximum Gasteiger partial charge on any atom is 0.242 e. The highest BCUT2D eigenvalue weighted by molar-refractivity contribution is 6.31. The van der Waals surface area contributed by atoms with Crippen LogP contribution in [0, 0.1) is 0 Å². The predicted octanol–water partition coefficient (Wildman–Crippen LogP) is 0.718. The van der Waals surface area contributed by atoms with Crippen molar-refractivity contribution < 1.29 is 19.1 Å². The molecule has 136 valence electrons. The van der Waals surface area contributed by atoms with Crippen LogP contribution in [-0.2, 0) is 16.0 Å². The summed E-state index contributed by atoms with van der Waals surface area (Å²) in [6.07, 6.45) is 0.546. The number of halogens is 1. The highest BCUT2D eigenvalue weighted by Gasteiger charge is 2.38. The number of carbonyl (C=O) groups is 2. The van der Waals surface area contributed by atoms with Gasteiger partial charge in [-0.3, -0.25) is 9.59 Å². The second-order valence-electron chi connectivity index (χ2n) is 6.22. The fraction of sp³-hybridized carbons (Fsp3) is 0.529. The number of likely N-dealkylation sites (tertiary alicyclic amines) is 1. The molecular formula is C17H22ClN3O4. The van der Waals surface area contributed by atoms with Gasteiger partial charge in [0.25, 0.3) is 0 Å². The van der Waals surface area contributed by atoms with Crippen LogP contribution in [0.3, 0.4) is 0 Å². The molecule has 8 heteroatoms. The van der Waals surface area contributed by atoms with Gasteiger partial charge >= 0.3 is 0 Å². The molecule has 0 saturated carbocycles. The minimum atomic E-state index is -0.529. The molecule has 0 unspecified atom stereocenters. The van der Waals surface area contributed by atoms with Crippen LogP contribution in [0.15, 0.2) is 12.1 Å². The Kier molecular flexibility index (Phi) is 5.34. The summed E-state index contributed by atoms with van der Waals surface area (Å²) in [6.45, 7) is 3.65. The molecule has 2 heterocycles. The highest BCUT2D eigenvalue weighted by Crippen LogP contribution is 2.36. The summed E-state index contributed by atoms with van der Waals surface area (Å²) >= 11 is 6.28. The summed E-state index contributed by atoms with van der Waals surface area (Å²) in [5, 5.41) is 3.20. The molecule has 2 aliphatic rings. The molecule has 25 heavy (non-hydrogen) atoms. The van der Waals surface area contributed by atoms with Gasteiger partial charge in [0.15, 0.2) is 11.5 Å². The summed E-state index contributed by atoms with van der Waals surface area (Å²) in [4.78, 5) is 26.5. The number of ether oxygens (including phenoxy) is 2. The number of benzene rings is 1. The van der Waals surface area contributed by atoms with Gasteiger partial charge in [0.05, 0.1) is 6.42 Å². The number of likely N-dealkylation sites (N-methyl/N-ethyl adjacent to an activating group) is 1. The standard InChI is InChI=1S/C17H22ClN3O4/c1-2-20-17(23)13-7-11(19)9-21(13)16(22)6-10-5-14-15(8-12(10)18)25-4-3-24-14/h5,8,11,13H,2-4,6-7,9,19H2,1H3,(H,20,23)/t11-,13+/m1/s1. The molecule has 0 aromatic heterocycles. The molecular weight excluding hydrogens is 346 g/mol. The van der Waals surface area contributed by atoms with Crippen LogP contribution >= 0.6 is 11.6 Å². The summed E-state index contributed by atoms with van der Waals surface area (Å²) in [5.74, 6) is 0.813. The topological polar surface area (TPSA) is 93.9 Å². The Morgan fingerprint density at radius 1 is 1.32 bits per heavy atom. The Hall–Kier alpha value is -1.99. The van der Waals surface area contributed by atoms with Gasteiger partial charge in [-0.1, -0.05) is 11.6 Å². The summed E-state index contributed by atoms with van der Waals surface area (Å²) < 4.78 is 11.0. The van der Waals surface area contributed by atoms with Gasteiger partial charge in [0, 0.05) is 30.2 Å². The summed E-state index contributed by atoms with van der Waals surface area (Å²) in [5.41, 5.74) is 6.61. The van der Waals surface area contributed by atoms with Crippen molar-refractivity contribution >= 4 is 23.4 Å². The molecule has 2 atom stereocenters. The van der Waals surface area contributed by atoms with Crippen LogP contribution < -0.4 is 20.5 Å². The van der Waals surface area contributed by atoms with Gasteiger partial charge in [0.1, 0.15) is 19.3 Å². The number of hydrogen-bond donors (Lipinski definition) is 2. The lowest BCUT2D eigenvalue weighted by molar-refractivity contribution is -0.137. The van der Waals surface area contributed by atoms with Crippen LogP contribution in [0.5, 0.6) is 11.5 Å². The predicted molar refractivity (Wildman–Crippen MR) is 92.9 cm³/mol. The van der Waals surface area contributed by atoms with Crippen molar-refractivity contribution in [2.24, 2.45) is 5.73 Å². The Bertz CT molecular complexity index is 682. The summed E-state index contributed by atoms with van der Waals surface area (Å²) in [6, 6.07) is 2.66. The molecule has 1 fully saturated rings. The summed E-state index contributed by atoms with van der Waals surface area (Å²) in [7, 11) is 0. The minimum Gasteiger partial charge on any atom is -0.486 e. The van der Waals surface area contributed by atoms with Crippen LogP contribution in [0.1, 0.15) is 18.9 Å². The molecule has 0 spiro atoms. The lowest BCUT2D eigenvalue weighted by Gasteiger charge is -2.24. The van der Waals surface area contributed by atoms with E-state index in [1.807, 2.05) is 6.92 Å². The SMILES string of the molecule is CCNC(=O)[C@@H]1C[C@@H](N)CN1C(=O)Cc1cc2c(cc1Cl)OCCO2. The van der Waals surface area contributed by atoms with E-state index in [9.17, 15) is 9.59 Å². The van der Waals surface area contributed by atoms with Gasteiger partial charge in [0.2, 0.25) is 11.8 Å². The zero-order chi connectivity index (χ0) is 18.0. The molecule has 2 aliphatic heterocycles. The van der Waals surface area contributed by atoms with Crippen LogP contribution in [0.2, 0.25) is 5.02 Å². The van der Waals surface area contributed by atoms with Crippen molar-refractivity contribution in [1.82, 2.24) is 10.2 Å². The van der Waals surface area contributed by atoms with E-state index in [0.29, 0.717) is 54.8 Å². The molecule has 1 aromatic carbocycles. The third kappa shape index (κ3) is 3.82. The van der Waals surface area contributed by atoms with Crippen LogP contribution in [0.4, 0.5) is 0 Å². The van der Waals surface area contributed by atoms with Crippen molar-refractivity contribution in [3.63, 3.8) is 0 Å². The number of amides is 2.